The molecular formula is C26H21Cl2NO3. The molecule has 0 bridgehead atoms. The van der Waals surface area contributed by atoms with Gasteiger partial charge in [-0.2, -0.15) is 0 Å². The SMILES string of the molecule is Cc1ccc(C)c(/C(O)=C2\C(=O)C(=O)N(c3ccc(C)c(Cl)c3)C2c2ccc(Cl)cc2)c1. The summed E-state index contributed by atoms with van der Waals surface area (Å²) in [5.41, 5.74) is 4.25. The van der Waals surface area contributed by atoms with Crippen LogP contribution >= 0.6 is 23.2 Å². The maximum atomic E-state index is 13.2. The number of hydrogen-bond donors (Lipinski definition) is 1. The molecule has 0 spiro atoms. The molecule has 0 saturated carbocycles. The van der Waals surface area contributed by atoms with Crippen LogP contribution in [0.25, 0.3) is 5.76 Å². The first-order chi connectivity index (χ1) is 15.2. The van der Waals surface area contributed by atoms with E-state index in [1.54, 1.807) is 48.5 Å². The Morgan fingerprint density at radius 3 is 2.19 bits per heavy atom. The van der Waals surface area contributed by atoms with Crippen molar-refractivity contribution < 1.29 is 14.7 Å². The maximum absolute atomic E-state index is 13.2. The Labute approximate surface area is 196 Å². The first-order valence-electron chi connectivity index (χ1n) is 10.1. The van der Waals surface area contributed by atoms with Crippen LogP contribution in [0.15, 0.2) is 66.2 Å². The molecule has 0 aliphatic carbocycles. The van der Waals surface area contributed by atoms with Gasteiger partial charge in [0, 0.05) is 21.3 Å². The number of aliphatic hydroxyl groups excluding tert-OH is 1. The van der Waals surface area contributed by atoms with Crippen molar-refractivity contribution in [2.75, 3.05) is 4.90 Å². The number of aryl methyl sites for hydroxylation is 3. The second-order valence-corrected chi connectivity index (χ2v) is 8.82. The van der Waals surface area contributed by atoms with Gasteiger partial charge in [0.1, 0.15) is 5.76 Å². The van der Waals surface area contributed by atoms with Crippen molar-refractivity contribution in [3.8, 4) is 0 Å². The van der Waals surface area contributed by atoms with Gasteiger partial charge in [0.25, 0.3) is 11.7 Å². The van der Waals surface area contributed by atoms with E-state index in [0.717, 1.165) is 16.7 Å². The van der Waals surface area contributed by atoms with Crippen molar-refractivity contribution in [3.63, 3.8) is 0 Å². The Balaban J connectivity index is 1.99. The molecule has 1 atom stereocenters. The van der Waals surface area contributed by atoms with Crippen LogP contribution in [-0.4, -0.2) is 16.8 Å². The molecule has 1 amide bonds. The summed E-state index contributed by atoms with van der Waals surface area (Å²) in [6.45, 7) is 5.61. The van der Waals surface area contributed by atoms with Crippen LogP contribution in [0, 0.1) is 20.8 Å². The smallest absolute Gasteiger partial charge is 0.300 e. The van der Waals surface area contributed by atoms with E-state index >= 15 is 0 Å². The van der Waals surface area contributed by atoms with E-state index in [9.17, 15) is 14.7 Å². The van der Waals surface area contributed by atoms with Crippen LogP contribution in [-0.2, 0) is 9.59 Å². The highest BCUT2D eigenvalue weighted by molar-refractivity contribution is 6.52. The quantitative estimate of drug-likeness (QED) is 0.271. The van der Waals surface area contributed by atoms with E-state index < -0.39 is 17.7 Å². The molecule has 1 aliphatic rings. The molecule has 1 aliphatic heterocycles. The van der Waals surface area contributed by atoms with E-state index in [0.29, 0.717) is 26.9 Å². The maximum Gasteiger partial charge on any atom is 0.300 e. The van der Waals surface area contributed by atoms with Gasteiger partial charge in [0.2, 0.25) is 0 Å². The largest absolute Gasteiger partial charge is 0.507 e. The predicted octanol–water partition coefficient (Wildman–Crippen LogP) is 6.54. The minimum absolute atomic E-state index is 0.0303. The second-order valence-electron chi connectivity index (χ2n) is 7.97. The number of rotatable bonds is 3. The van der Waals surface area contributed by atoms with Crippen molar-refractivity contribution in [3.05, 3.63) is 104 Å². The zero-order valence-electron chi connectivity index (χ0n) is 17.8. The summed E-state index contributed by atoms with van der Waals surface area (Å²) >= 11 is 12.4. The van der Waals surface area contributed by atoms with E-state index in [4.69, 9.17) is 23.2 Å². The van der Waals surface area contributed by atoms with Gasteiger partial charge in [-0.1, -0.05) is 59.1 Å². The Bertz CT molecular complexity index is 1280. The normalized spacial score (nSPS) is 17.8. The van der Waals surface area contributed by atoms with Crippen LogP contribution in [0.3, 0.4) is 0 Å². The number of Topliss-reactive ketones (excluding diaryl/α,β-unsaturated/α-hetero) is 1. The Kier molecular flexibility index (Phi) is 5.85. The van der Waals surface area contributed by atoms with Crippen molar-refractivity contribution >= 4 is 46.3 Å². The van der Waals surface area contributed by atoms with Gasteiger partial charge in [0.15, 0.2) is 0 Å². The first-order valence-corrected chi connectivity index (χ1v) is 10.8. The number of amides is 1. The van der Waals surface area contributed by atoms with Gasteiger partial charge < -0.3 is 5.11 Å². The zero-order chi connectivity index (χ0) is 23.2. The van der Waals surface area contributed by atoms with Gasteiger partial charge in [0.05, 0.1) is 11.6 Å². The van der Waals surface area contributed by atoms with Gasteiger partial charge in [-0.25, -0.2) is 0 Å². The number of carbonyl (C=O) groups excluding carboxylic acids is 2. The summed E-state index contributed by atoms with van der Waals surface area (Å²) in [7, 11) is 0. The fraction of sp³-hybridized carbons (Fsp3) is 0.154. The third-order valence-electron chi connectivity index (χ3n) is 5.71. The van der Waals surface area contributed by atoms with Gasteiger partial charge in [-0.05, 0) is 67.8 Å². The number of hydrogen-bond acceptors (Lipinski definition) is 3. The van der Waals surface area contributed by atoms with Crippen LogP contribution in [0.2, 0.25) is 10.0 Å². The topological polar surface area (TPSA) is 57.6 Å². The van der Waals surface area contributed by atoms with Crippen LogP contribution < -0.4 is 4.90 Å². The number of benzene rings is 3. The molecule has 0 radical (unpaired) electrons. The minimum Gasteiger partial charge on any atom is -0.507 e. The molecule has 32 heavy (non-hydrogen) atoms. The van der Waals surface area contributed by atoms with E-state index in [1.165, 1.54) is 4.90 Å². The summed E-state index contributed by atoms with van der Waals surface area (Å²) in [4.78, 5) is 27.8. The molecule has 1 saturated heterocycles. The van der Waals surface area contributed by atoms with Crippen molar-refractivity contribution in [1.82, 2.24) is 0 Å². The van der Waals surface area contributed by atoms with E-state index in [-0.39, 0.29) is 11.3 Å². The van der Waals surface area contributed by atoms with Crippen molar-refractivity contribution in [1.29, 1.82) is 0 Å². The summed E-state index contributed by atoms with van der Waals surface area (Å²) in [6.07, 6.45) is 0. The van der Waals surface area contributed by atoms with Crippen LogP contribution in [0.5, 0.6) is 0 Å². The molecule has 3 aromatic rings. The lowest BCUT2D eigenvalue weighted by Gasteiger charge is -2.26. The average Bonchev–Trinajstić information content (AvgIpc) is 3.02. The molecule has 6 heteroatoms. The number of halogens is 2. The molecule has 1 unspecified atom stereocenters. The van der Waals surface area contributed by atoms with Crippen LogP contribution in [0.1, 0.15) is 33.9 Å². The Morgan fingerprint density at radius 1 is 0.875 bits per heavy atom. The van der Waals surface area contributed by atoms with E-state index in [1.807, 2.05) is 32.9 Å². The third kappa shape index (κ3) is 3.81. The molecule has 4 nitrogen and oxygen atoms in total. The molecule has 1 heterocycles. The molecule has 0 aromatic heterocycles. The second kappa shape index (κ2) is 8.45. The van der Waals surface area contributed by atoms with Crippen molar-refractivity contribution in [2.24, 2.45) is 0 Å². The number of carbonyl (C=O) groups is 2. The Hall–Kier alpha value is -3.08. The van der Waals surface area contributed by atoms with E-state index in [2.05, 4.69) is 0 Å². The highest BCUT2D eigenvalue weighted by atomic mass is 35.5. The Morgan fingerprint density at radius 2 is 1.53 bits per heavy atom. The standard InChI is InChI=1S/C26H21Cl2NO3/c1-14-4-5-15(2)20(12-14)24(30)22-23(17-7-9-18(27)10-8-17)29(26(32)25(22)31)19-11-6-16(3)21(28)13-19/h4-13,23,30H,1-3H3/b24-22+. The molecule has 1 fully saturated rings. The summed E-state index contributed by atoms with van der Waals surface area (Å²) in [5, 5.41) is 12.3. The third-order valence-corrected chi connectivity index (χ3v) is 6.37. The first kappa shape index (κ1) is 22.1. The molecular weight excluding hydrogens is 445 g/mol. The van der Waals surface area contributed by atoms with Gasteiger partial charge in [-0.3, -0.25) is 14.5 Å². The minimum atomic E-state index is -0.828. The summed E-state index contributed by atoms with van der Waals surface area (Å²) in [5.74, 6) is -1.68. The van der Waals surface area contributed by atoms with Gasteiger partial charge in [-0.15, -0.1) is 0 Å². The van der Waals surface area contributed by atoms with Gasteiger partial charge >= 0.3 is 0 Å². The lowest BCUT2D eigenvalue weighted by atomic mass is 9.93. The molecule has 1 N–H and O–H groups in total. The number of nitrogens with zero attached hydrogens (tertiary/aromatic N) is 1. The summed E-state index contributed by atoms with van der Waals surface area (Å²) in [6, 6.07) is 16.8. The lowest BCUT2D eigenvalue weighted by Crippen LogP contribution is -2.29. The number of ketones is 1. The number of aliphatic hydroxyl groups is 1. The van der Waals surface area contributed by atoms with Crippen LogP contribution in [0.4, 0.5) is 5.69 Å². The highest BCUT2D eigenvalue weighted by Gasteiger charge is 2.47. The zero-order valence-corrected chi connectivity index (χ0v) is 19.3. The molecule has 162 valence electrons. The molecule has 3 aromatic carbocycles. The predicted molar refractivity (Wildman–Crippen MR) is 128 cm³/mol. The highest BCUT2D eigenvalue weighted by Crippen LogP contribution is 2.43. The monoisotopic (exact) mass is 465 g/mol. The number of anilines is 1. The summed E-state index contributed by atoms with van der Waals surface area (Å²) < 4.78 is 0. The fourth-order valence-corrected chi connectivity index (χ4v) is 4.23. The average molecular weight is 466 g/mol. The lowest BCUT2D eigenvalue weighted by molar-refractivity contribution is -0.132. The fourth-order valence-electron chi connectivity index (χ4n) is 3.93. The molecule has 4 rings (SSSR count). The van der Waals surface area contributed by atoms with Crippen molar-refractivity contribution in [2.45, 2.75) is 26.8 Å².